The van der Waals surface area contributed by atoms with Crippen LogP contribution in [0.4, 0.5) is 0 Å². The van der Waals surface area contributed by atoms with E-state index in [0.717, 1.165) is 44.9 Å². The van der Waals surface area contributed by atoms with Gasteiger partial charge in [0.2, 0.25) is 5.91 Å². The molecule has 2 aliphatic heterocycles. The van der Waals surface area contributed by atoms with E-state index in [1.165, 1.54) is 0 Å². The number of piperidine rings is 1. The highest BCUT2D eigenvalue weighted by atomic mass is 16.4. The van der Waals surface area contributed by atoms with Crippen LogP contribution in [0.15, 0.2) is 0 Å². The molecule has 0 aromatic rings. The highest BCUT2D eigenvalue weighted by Crippen LogP contribution is 2.20. The molecule has 0 aromatic heterocycles. The third-order valence-electron chi connectivity index (χ3n) is 3.99. The Morgan fingerprint density at radius 1 is 1.22 bits per heavy atom. The van der Waals surface area contributed by atoms with Crippen LogP contribution in [0.5, 0.6) is 0 Å². The molecule has 0 bridgehead atoms. The van der Waals surface area contributed by atoms with Gasteiger partial charge in [-0.05, 0) is 24.7 Å². The Hall–Kier alpha value is -1.10. The molecule has 0 radical (unpaired) electrons. The van der Waals surface area contributed by atoms with Gasteiger partial charge in [0, 0.05) is 26.2 Å². The summed E-state index contributed by atoms with van der Waals surface area (Å²) in [6, 6.07) is 0. The average molecular weight is 254 g/mol. The highest BCUT2D eigenvalue weighted by molar-refractivity contribution is 5.78. The van der Waals surface area contributed by atoms with E-state index >= 15 is 0 Å². The second kappa shape index (κ2) is 5.69. The minimum atomic E-state index is -0.740. The van der Waals surface area contributed by atoms with Crippen molar-refractivity contribution < 1.29 is 14.7 Å². The Morgan fingerprint density at radius 2 is 1.83 bits per heavy atom. The summed E-state index contributed by atoms with van der Waals surface area (Å²) in [5.74, 6) is 0.432. The van der Waals surface area contributed by atoms with Crippen molar-refractivity contribution in [3.05, 3.63) is 0 Å². The molecule has 18 heavy (non-hydrogen) atoms. The second-order valence-corrected chi connectivity index (χ2v) is 5.72. The number of nitrogens with zero attached hydrogens (tertiary/aromatic N) is 2. The van der Waals surface area contributed by atoms with Crippen molar-refractivity contribution in [1.29, 1.82) is 0 Å². The van der Waals surface area contributed by atoms with E-state index in [2.05, 4.69) is 6.92 Å². The molecule has 2 saturated heterocycles. The molecule has 102 valence electrons. The Bertz CT molecular complexity index is 318. The normalized spacial score (nSPS) is 22.8. The van der Waals surface area contributed by atoms with Crippen LogP contribution in [-0.2, 0) is 9.59 Å². The van der Waals surface area contributed by atoms with Crippen molar-refractivity contribution in [2.75, 3.05) is 32.7 Å². The van der Waals surface area contributed by atoms with Crippen LogP contribution in [0, 0.1) is 11.8 Å². The summed E-state index contributed by atoms with van der Waals surface area (Å²) < 4.78 is 0. The molecule has 2 heterocycles. The number of likely N-dealkylation sites (tertiary alicyclic amines) is 2. The quantitative estimate of drug-likeness (QED) is 0.800. The van der Waals surface area contributed by atoms with Gasteiger partial charge in [-0.3, -0.25) is 14.5 Å². The standard InChI is InChI=1S/C13H22N2O3/c1-10-2-4-15(5-3-10)12(16)9-14-7-11(8-14)6-13(17)18/h10-11H,2-9H2,1H3,(H,17,18). The maximum Gasteiger partial charge on any atom is 0.303 e. The molecule has 2 aliphatic rings. The topological polar surface area (TPSA) is 60.9 Å². The van der Waals surface area contributed by atoms with Gasteiger partial charge < -0.3 is 10.0 Å². The number of hydrogen-bond acceptors (Lipinski definition) is 3. The van der Waals surface area contributed by atoms with Gasteiger partial charge in [-0.25, -0.2) is 0 Å². The van der Waals surface area contributed by atoms with Crippen molar-refractivity contribution in [3.63, 3.8) is 0 Å². The minimum Gasteiger partial charge on any atom is -0.481 e. The van der Waals surface area contributed by atoms with Gasteiger partial charge in [0.1, 0.15) is 0 Å². The fourth-order valence-corrected chi connectivity index (χ4v) is 2.73. The van der Waals surface area contributed by atoms with Gasteiger partial charge in [-0.1, -0.05) is 6.92 Å². The van der Waals surface area contributed by atoms with Crippen LogP contribution in [0.25, 0.3) is 0 Å². The Balaban J connectivity index is 1.65. The molecule has 5 nitrogen and oxygen atoms in total. The van der Waals surface area contributed by atoms with Crippen molar-refractivity contribution in [1.82, 2.24) is 9.80 Å². The molecule has 5 heteroatoms. The van der Waals surface area contributed by atoms with Crippen molar-refractivity contribution >= 4 is 11.9 Å². The van der Waals surface area contributed by atoms with Crippen LogP contribution >= 0.6 is 0 Å². The third kappa shape index (κ3) is 3.45. The number of rotatable bonds is 4. The molecule has 2 fully saturated rings. The first-order valence-corrected chi connectivity index (χ1v) is 6.76. The van der Waals surface area contributed by atoms with Crippen LogP contribution in [0.2, 0.25) is 0 Å². The van der Waals surface area contributed by atoms with Gasteiger partial charge >= 0.3 is 5.97 Å². The largest absolute Gasteiger partial charge is 0.481 e. The average Bonchev–Trinajstić information content (AvgIpc) is 2.26. The van der Waals surface area contributed by atoms with E-state index in [-0.39, 0.29) is 18.2 Å². The second-order valence-electron chi connectivity index (χ2n) is 5.72. The zero-order valence-electron chi connectivity index (χ0n) is 11.0. The molecule has 0 spiro atoms. The fraction of sp³-hybridized carbons (Fsp3) is 0.846. The molecule has 2 rings (SSSR count). The molecular formula is C13H22N2O3. The van der Waals surface area contributed by atoms with E-state index in [9.17, 15) is 9.59 Å². The predicted octanol–water partition coefficient (Wildman–Crippen LogP) is 0.651. The maximum absolute atomic E-state index is 12.0. The van der Waals surface area contributed by atoms with Gasteiger partial charge in [0.15, 0.2) is 0 Å². The summed E-state index contributed by atoms with van der Waals surface area (Å²) >= 11 is 0. The number of carboxylic acid groups (broad SMARTS) is 1. The Labute approximate surface area is 108 Å². The zero-order valence-corrected chi connectivity index (χ0v) is 11.0. The number of carbonyl (C=O) groups is 2. The van der Waals surface area contributed by atoms with Crippen LogP contribution < -0.4 is 0 Å². The van der Waals surface area contributed by atoms with Crippen LogP contribution in [-0.4, -0.2) is 59.5 Å². The summed E-state index contributed by atoms with van der Waals surface area (Å²) in [6.07, 6.45) is 2.44. The maximum atomic E-state index is 12.0. The highest BCUT2D eigenvalue weighted by Gasteiger charge is 2.31. The number of hydrogen-bond donors (Lipinski definition) is 1. The molecule has 0 aliphatic carbocycles. The lowest BCUT2D eigenvalue weighted by molar-refractivity contribution is -0.140. The smallest absolute Gasteiger partial charge is 0.303 e. The van der Waals surface area contributed by atoms with Crippen LogP contribution in [0.3, 0.4) is 0 Å². The van der Waals surface area contributed by atoms with Gasteiger partial charge in [0.05, 0.1) is 13.0 Å². The monoisotopic (exact) mass is 254 g/mol. The SMILES string of the molecule is CC1CCN(C(=O)CN2CC(CC(=O)O)C2)CC1. The lowest BCUT2D eigenvalue weighted by Crippen LogP contribution is -2.52. The summed E-state index contributed by atoms with van der Waals surface area (Å²) in [5, 5.41) is 8.65. The summed E-state index contributed by atoms with van der Waals surface area (Å²) in [4.78, 5) is 26.5. The van der Waals surface area contributed by atoms with E-state index < -0.39 is 5.97 Å². The number of amides is 1. The minimum absolute atomic E-state index is 0.204. The molecule has 1 N–H and O–H groups in total. The third-order valence-corrected chi connectivity index (χ3v) is 3.99. The van der Waals surface area contributed by atoms with E-state index in [0.29, 0.717) is 6.54 Å². The first-order chi connectivity index (χ1) is 8.54. The number of aliphatic carboxylic acids is 1. The van der Waals surface area contributed by atoms with Gasteiger partial charge in [-0.15, -0.1) is 0 Å². The van der Waals surface area contributed by atoms with Crippen molar-refractivity contribution in [2.24, 2.45) is 11.8 Å². The van der Waals surface area contributed by atoms with Crippen molar-refractivity contribution in [3.8, 4) is 0 Å². The molecule has 0 saturated carbocycles. The molecular weight excluding hydrogens is 232 g/mol. The fourth-order valence-electron chi connectivity index (χ4n) is 2.73. The molecule has 1 amide bonds. The number of carbonyl (C=O) groups excluding carboxylic acids is 1. The first-order valence-electron chi connectivity index (χ1n) is 6.76. The van der Waals surface area contributed by atoms with Gasteiger partial charge in [0.25, 0.3) is 0 Å². The summed E-state index contributed by atoms with van der Waals surface area (Å²) in [5.41, 5.74) is 0. The molecule has 0 atom stereocenters. The Morgan fingerprint density at radius 3 is 2.39 bits per heavy atom. The lowest BCUT2D eigenvalue weighted by Gasteiger charge is -2.40. The number of carboxylic acids is 1. The van der Waals surface area contributed by atoms with Crippen LogP contribution in [0.1, 0.15) is 26.2 Å². The summed E-state index contributed by atoms with van der Waals surface area (Å²) in [6.45, 7) is 5.96. The summed E-state index contributed by atoms with van der Waals surface area (Å²) in [7, 11) is 0. The zero-order chi connectivity index (χ0) is 13.1. The predicted molar refractivity (Wildman–Crippen MR) is 67.2 cm³/mol. The van der Waals surface area contributed by atoms with E-state index in [1.54, 1.807) is 0 Å². The molecule has 0 aromatic carbocycles. The Kier molecular flexibility index (Phi) is 4.22. The first kappa shape index (κ1) is 13.3. The lowest BCUT2D eigenvalue weighted by atomic mass is 9.96. The molecule has 0 unspecified atom stereocenters. The van der Waals surface area contributed by atoms with E-state index in [4.69, 9.17) is 5.11 Å². The van der Waals surface area contributed by atoms with Crippen molar-refractivity contribution in [2.45, 2.75) is 26.2 Å². The van der Waals surface area contributed by atoms with Gasteiger partial charge in [-0.2, -0.15) is 0 Å². The van der Waals surface area contributed by atoms with E-state index in [1.807, 2.05) is 9.80 Å².